The van der Waals surface area contributed by atoms with E-state index in [1.807, 2.05) is 18.2 Å². The number of nitrogen functional groups attached to an aromatic ring is 1. The van der Waals surface area contributed by atoms with E-state index in [1.54, 1.807) is 31.3 Å². The van der Waals surface area contributed by atoms with Crippen LogP contribution in [0.4, 0.5) is 5.82 Å². The summed E-state index contributed by atoms with van der Waals surface area (Å²) < 4.78 is 16.6. The monoisotopic (exact) mass is 406 g/mol. The van der Waals surface area contributed by atoms with Crippen LogP contribution in [0.15, 0.2) is 30.5 Å². The molecule has 1 aromatic carbocycles. The number of rotatable bonds is 3. The van der Waals surface area contributed by atoms with E-state index in [9.17, 15) is 4.79 Å². The van der Waals surface area contributed by atoms with E-state index in [0.29, 0.717) is 43.5 Å². The van der Waals surface area contributed by atoms with Gasteiger partial charge in [0.25, 0.3) is 5.91 Å². The predicted octanol–water partition coefficient (Wildman–Crippen LogP) is 2.59. The number of pyridine rings is 2. The zero-order valence-corrected chi connectivity index (χ0v) is 16.8. The molecule has 2 aliphatic heterocycles. The third-order valence-corrected chi connectivity index (χ3v) is 5.86. The maximum atomic E-state index is 13.3. The number of anilines is 1. The van der Waals surface area contributed by atoms with Crippen molar-refractivity contribution in [3.8, 4) is 5.75 Å². The molecule has 2 N–H and O–H groups in total. The quantitative estimate of drug-likeness (QED) is 0.714. The van der Waals surface area contributed by atoms with E-state index in [0.717, 1.165) is 33.4 Å². The maximum absolute atomic E-state index is 13.3. The third kappa shape index (κ3) is 2.96. The van der Waals surface area contributed by atoms with Crippen LogP contribution < -0.4 is 10.5 Å². The summed E-state index contributed by atoms with van der Waals surface area (Å²) in [6, 6.07) is 7.43. The fourth-order valence-electron chi connectivity index (χ4n) is 4.16. The van der Waals surface area contributed by atoms with Crippen molar-refractivity contribution in [3.05, 3.63) is 58.4 Å². The first-order valence-corrected chi connectivity index (χ1v) is 9.73. The Hall–Kier alpha value is -3.23. The van der Waals surface area contributed by atoms with E-state index in [1.165, 1.54) is 0 Å². The van der Waals surface area contributed by atoms with Crippen molar-refractivity contribution in [2.24, 2.45) is 0 Å². The van der Waals surface area contributed by atoms with Crippen molar-refractivity contribution >= 4 is 22.6 Å². The topological polar surface area (TPSA) is 99.8 Å². The standard InChI is InChI=1S/C22H22N4O4/c1-26(20-11-29-8-12-5-13(28-2)3-4-14(12)20)22(27)18-6-15-16-9-30-10-17(16)21(23)25-19(15)7-24-18/h3-7,20H,8-11H2,1-2H3,(H2,23,25)/t20-/m1/s1. The molecular formula is C22H22N4O4. The first-order valence-electron chi connectivity index (χ1n) is 9.73. The zero-order valence-electron chi connectivity index (χ0n) is 16.8. The summed E-state index contributed by atoms with van der Waals surface area (Å²) in [5.41, 5.74) is 11.0. The number of aromatic nitrogens is 2. The second-order valence-corrected chi connectivity index (χ2v) is 7.55. The summed E-state index contributed by atoms with van der Waals surface area (Å²) in [7, 11) is 3.41. The van der Waals surface area contributed by atoms with Gasteiger partial charge in [0.1, 0.15) is 17.3 Å². The minimum absolute atomic E-state index is 0.182. The fraction of sp³-hybridized carbons (Fsp3) is 0.318. The van der Waals surface area contributed by atoms with Gasteiger partial charge in [0.2, 0.25) is 0 Å². The van der Waals surface area contributed by atoms with Crippen molar-refractivity contribution in [2.45, 2.75) is 25.9 Å². The van der Waals surface area contributed by atoms with Crippen molar-refractivity contribution < 1.29 is 19.0 Å². The van der Waals surface area contributed by atoms with Crippen LogP contribution in [0.3, 0.4) is 0 Å². The molecule has 0 saturated heterocycles. The largest absolute Gasteiger partial charge is 0.497 e. The van der Waals surface area contributed by atoms with Gasteiger partial charge in [-0.2, -0.15) is 0 Å². The Morgan fingerprint density at radius 2 is 2.03 bits per heavy atom. The first-order chi connectivity index (χ1) is 14.6. The lowest BCUT2D eigenvalue weighted by atomic mass is 9.97. The van der Waals surface area contributed by atoms with Crippen LogP contribution in [0, 0.1) is 0 Å². The Labute approximate surface area is 173 Å². The molecule has 30 heavy (non-hydrogen) atoms. The molecule has 5 rings (SSSR count). The van der Waals surface area contributed by atoms with Gasteiger partial charge < -0.3 is 24.8 Å². The van der Waals surface area contributed by atoms with E-state index in [2.05, 4.69) is 9.97 Å². The van der Waals surface area contributed by atoms with Gasteiger partial charge in [-0.15, -0.1) is 0 Å². The normalized spacial score (nSPS) is 17.5. The molecule has 0 saturated carbocycles. The van der Waals surface area contributed by atoms with Crippen LogP contribution >= 0.6 is 0 Å². The summed E-state index contributed by atoms with van der Waals surface area (Å²) in [4.78, 5) is 23.7. The van der Waals surface area contributed by atoms with Gasteiger partial charge in [-0.05, 0) is 34.9 Å². The molecule has 0 fully saturated rings. The summed E-state index contributed by atoms with van der Waals surface area (Å²) in [6.45, 7) is 1.82. The molecule has 2 aromatic heterocycles. The number of methoxy groups -OCH3 is 1. The van der Waals surface area contributed by atoms with Crippen LogP contribution in [0.1, 0.15) is 38.8 Å². The molecule has 154 valence electrons. The number of hydrogen-bond donors (Lipinski definition) is 1. The maximum Gasteiger partial charge on any atom is 0.272 e. The first kappa shape index (κ1) is 18.8. The molecule has 3 aromatic rings. The van der Waals surface area contributed by atoms with Gasteiger partial charge >= 0.3 is 0 Å². The average Bonchev–Trinajstić information content (AvgIpc) is 3.28. The number of likely N-dealkylation sites (N-methyl/N-ethyl adjacent to an activating group) is 1. The molecule has 1 amide bonds. The predicted molar refractivity (Wildman–Crippen MR) is 110 cm³/mol. The second kappa shape index (κ2) is 7.23. The number of hydrogen-bond acceptors (Lipinski definition) is 7. The van der Waals surface area contributed by atoms with Crippen LogP contribution in [-0.4, -0.2) is 41.5 Å². The number of carbonyl (C=O) groups excluding carboxylic acids is 1. The highest BCUT2D eigenvalue weighted by molar-refractivity contribution is 5.97. The molecule has 0 spiro atoms. The highest BCUT2D eigenvalue weighted by Crippen LogP contribution is 2.34. The van der Waals surface area contributed by atoms with Gasteiger partial charge in [-0.1, -0.05) is 6.07 Å². The molecule has 1 atom stereocenters. The van der Waals surface area contributed by atoms with Crippen molar-refractivity contribution in [1.82, 2.24) is 14.9 Å². The third-order valence-electron chi connectivity index (χ3n) is 5.86. The summed E-state index contributed by atoms with van der Waals surface area (Å²) in [6.07, 6.45) is 1.60. The molecule has 8 nitrogen and oxygen atoms in total. The molecule has 0 unspecified atom stereocenters. The zero-order chi connectivity index (χ0) is 20.8. The molecule has 0 radical (unpaired) electrons. The van der Waals surface area contributed by atoms with Crippen molar-refractivity contribution in [1.29, 1.82) is 0 Å². The molecule has 8 heteroatoms. The van der Waals surface area contributed by atoms with Crippen LogP contribution in [0.25, 0.3) is 10.9 Å². The smallest absolute Gasteiger partial charge is 0.272 e. The Balaban J connectivity index is 1.50. The Morgan fingerprint density at radius 3 is 2.87 bits per heavy atom. The summed E-state index contributed by atoms with van der Waals surface area (Å²) in [5.74, 6) is 1.05. The summed E-state index contributed by atoms with van der Waals surface area (Å²) in [5, 5.41) is 0.855. The Kier molecular flexibility index (Phi) is 4.52. The number of fused-ring (bicyclic) bond motifs is 4. The molecule has 0 aliphatic carbocycles. The van der Waals surface area contributed by atoms with Crippen LogP contribution in [0.2, 0.25) is 0 Å². The lowest BCUT2D eigenvalue weighted by Gasteiger charge is -2.33. The second-order valence-electron chi connectivity index (χ2n) is 7.55. The average molecular weight is 406 g/mol. The fourth-order valence-corrected chi connectivity index (χ4v) is 4.16. The van der Waals surface area contributed by atoms with Crippen molar-refractivity contribution in [2.75, 3.05) is 26.5 Å². The number of ether oxygens (including phenoxy) is 3. The van der Waals surface area contributed by atoms with E-state index < -0.39 is 0 Å². The van der Waals surface area contributed by atoms with Crippen molar-refractivity contribution in [3.63, 3.8) is 0 Å². The highest BCUT2D eigenvalue weighted by Gasteiger charge is 2.29. The lowest BCUT2D eigenvalue weighted by molar-refractivity contribution is 0.0342. The number of carbonyl (C=O) groups is 1. The minimum atomic E-state index is -0.205. The number of amides is 1. The minimum Gasteiger partial charge on any atom is -0.497 e. The Morgan fingerprint density at radius 1 is 1.20 bits per heavy atom. The van der Waals surface area contributed by atoms with E-state index in [4.69, 9.17) is 19.9 Å². The molecule has 2 aliphatic rings. The van der Waals surface area contributed by atoms with Gasteiger partial charge in [0.05, 0.1) is 51.3 Å². The van der Waals surface area contributed by atoms with Crippen LogP contribution in [-0.2, 0) is 29.3 Å². The molecular weight excluding hydrogens is 384 g/mol. The van der Waals surface area contributed by atoms with Gasteiger partial charge in [0, 0.05) is 18.0 Å². The Bertz CT molecular complexity index is 1160. The SMILES string of the molecule is COc1ccc2c(c1)COC[C@H]2N(C)C(=O)c1cc2c3c(c(N)nc2cn1)COC3. The highest BCUT2D eigenvalue weighted by atomic mass is 16.5. The van der Waals surface area contributed by atoms with E-state index >= 15 is 0 Å². The van der Waals surface area contributed by atoms with Crippen LogP contribution in [0.5, 0.6) is 5.75 Å². The lowest BCUT2D eigenvalue weighted by Crippen LogP contribution is -2.36. The van der Waals surface area contributed by atoms with Gasteiger partial charge in [0.15, 0.2) is 0 Å². The van der Waals surface area contributed by atoms with Gasteiger partial charge in [-0.25, -0.2) is 9.97 Å². The number of nitrogens with zero attached hydrogens (tertiary/aromatic N) is 3. The van der Waals surface area contributed by atoms with Gasteiger partial charge in [-0.3, -0.25) is 4.79 Å². The molecule has 4 heterocycles. The van der Waals surface area contributed by atoms with E-state index in [-0.39, 0.29) is 11.9 Å². The number of nitrogens with two attached hydrogens (primary N) is 1. The number of benzene rings is 1. The molecule has 0 bridgehead atoms. The summed E-state index contributed by atoms with van der Waals surface area (Å²) >= 11 is 0.